The molecule has 1 aromatic rings. The number of nitrogens with one attached hydrogen (secondary N) is 1. The fourth-order valence-corrected chi connectivity index (χ4v) is 2.41. The van der Waals surface area contributed by atoms with Crippen LogP contribution < -0.4 is 5.32 Å². The quantitative estimate of drug-likeness (QED) is 0.891. The SMILES string of the molecule is O=C(O)C(F)(F)F.c1ccc(CCCC2CCNCC2)cc1. The Balaban J connectivity index is 0.000000295. The number of carboxylic acids is 1. The fraction of sp³-hybridized carbons (Fsp3) is 0.562. The lowest BCUT2D eigenvalue weighted by atomic mass is 9.92. The molecule has 6 heteroatoms. The lowest BCUT2D eigenvalue weighted by molar-refractivity contribution is -0.192. The van der Waals surface area contributed by atoms with Gasteiger partial charge < -0.3 is 10.4 Å². The molecule has 0 unspecified atom stereocenters. The van der Waals surface area contributed by atoms with Crippen LogP contribution in [-0.2, 0) is 11.2 Å². The molecule has 0 aromatic heterocycles. The largest absolute Gasteiger partial charge is 0.490 e. The standard InChI is InChI=1S/C14H21N.C2HF3O2/c1-2-5-13(6-3-1)7-4-8-14-9-11-15-12-10-14;3-2(4,5)1(6)7/h1-3,5-6,14-15H,4,7-12H2;(H,6,7). The molecule has 0 spiro atoms. The molecular weight excluding hydrogens is 295 g/mol. The third-order valence-electron chi connectivity index (χ3n) is 3.62. The first-order valence-electron chi connectivity index (χ1n) is 7.44. The van der Waals surface area contributed by atoms with E-state index in [-0.39, 0.29) is 0 Å². The number of piperidine rings is 1. The van der Waals surface area contributed by atoms with E-state index in [1.807, 2.05) is 0 Å². The maximum atomic E-state index is 10.6. The number of carbonyl (C=O) groups is 1. The second kappa shape index (κ2) is 9.46. The van der Waals surface area contributed by atoms with E-state index in [2.05, 4.69) is 35.6 Å². The third kappa shape index (κ3) is 8.02. The van der Waals surface area contributed by atoms with Gasteiger partial charge in [0, 0.05) is 0 Å². The monoisotopic (exact) mass is 317 g/mol. The first kappa shape index (κ1) is 18.5. The smallest absolute Gasteiger partial charge is 0.475 e. The van der Waals surface area contributed by atoms with E-state index in [1.54, 1.807) is 0 Å². The Labute approximate surface area is 128 Å². The summed E-state index contributed by atoms with van der Waals surface area (Å²) in [7, 11) is 0. The van der Waals surface area contributed by atoms with Crippen LogP contribution in [0.2, 0.25) is 0 Å². The van der Waals surface area contributed by atoms with Gasteiger partial charge in [-0.15, -0.1) is 0 Å². The van der Waals surface area contributed by atoms with Crippen molar-refractivity contribution in [2.24, 2.45) is 5.92 Å². The van der Waals surface area contributed by atoms with E-state index in [1.165, 1.54) is 50.8 Å². The van der Waals surface area contributed by atoms with Crippen LogP contribution >= 0.6 is 0 Å². The lowest BCUT2D eigenvalue weighted by Crippen LogP contribution is -2.27. The van der Waals surface area contributed by atoms with E-state index < -0.39 is 12.1 Å². The highest BCUT2D eigenvalue weighted by atomic mass is 19.4. The molecule has 1 aliphatic heterocycles. The number of rotatable bonds is 4. The van der Waals surface area contributed by atoms with Crippen molar-refractivity contribution in [3.05, 3.63) is 35.9 Å². The average Bonchev–Trinajstić information content (AvgIpc) is 2.49. The number of benzene rings is 1. The molecule has 1 aromatic carbocycles. The summed E-state index contributed by atoms with van der Waals surface area (Å²) in [6.07, 6.45) is 1.71. The Kier molecular flexibility index (Phi) is 7.95. The van der Waals surface area contributed by atoms with E-state index >= 15 is 0 Å². The minimum atomic E-state index is -5.08. The van der Waals surface area contributed by atoms with Crippen molar-refractivity contribution < 1.29 is 23.1 Å². The second-order valence-electron chi connectivity index (χ2n) is 5.37. The lowest BCUT2D eigenvalue weighted by Gasteiger charge is -2.22. The van der Waals surface area contributed by atoms with Gasteiger partial charge in [0.15, 0.2) is 0 Å². The summed E-state index contributed by atoms with van der Waals surface area (Å²) in [4.78, 5) is 8.90. The van der Waals surface area contributed by atoms with Crippen LogP contribution in [0.15, 0.2) is 30.3 Å². The summed E-state index contributed by atoms with van der Waals surface area (Å²) in [6, 6.07) is 10.8. The number of aliphatic carboxylic acids is 1. The van der Waals surface area contributed by atoms with Gasteiger partial charge in [0.1, 0.15) is 0 Å². The summed E-state index contributed by atoms with van der Waals surface area (Å²) in [5.41, 5.74) is 1.49. The van der Waals surface area contributed by atoms with Gasteiger partial charge in [-0.25, -0.2) is 4.79 Å². The molecule has 3 nitrogen and oxygen atoms in total. The molecule has 0 saturated carbocycles. The van der Waals surface area contributed by atoms with Crippen LogP contribution in [0.1, 0.15) is 31.2 Å². The van der Waals surface area contributed by atoms with Crippen molar-refractivity contribution in [3.63, 3.8) is 0 Å². The highest BCUT2D eigenvalue weighted by Crippen LogP contribution is 2.19. The number of carboxylic acid groups (broad SMARTS) is 1. The van der Waals surface area contributed by atoms with Crippen molar-refractivity contribution in [2.45, 2.75) is 38.3 Å². The van der Waals surface area contributed by atoms with Crippen LogP contribution in [0.3, 0.4) is 0 Å². The first-order valence-corrected chi connectivity index (χ1v) is 7.44. The summed E-state index contributed by atoms with van der Waals surface area (Å²) in [5.74, 6) is -1.78. The topological polar surface area (TPSA) is 49.3 Å². The number of alkyl halides is 3. The molecule has 1 aliphatic rings. The van der Waals surface area contributed by atoms with Gasteiger partial charge >= 0.3 is 12.1 Å². The molecule has 0 aliphatic carbocycles. The predicted molar refractivity (Wildman–Crippen MR) is 78.7 cm³/mol. The van der Waals surface area contributed by atoms with Gasteiger partial charge in [-0.05, 0) is 50.3 Å². The highest BCUT2D eigenvalue weighted by Gasteiger charge is 2.38. The van der Waals surface area contributed by atoms with Crippen molar-refractivity contribution in [2.75, 3.05) is 13.1 Å². The fourth-order valence-electron chi connectivity index (χ4n) is 2.41. The van der Waals surface area contributed by atoms with Crippen LogP contribution in [0, 0.1) is 5.92 Å². The molecule has 0 bridgehead atoms. The van der Waals surface area contributed by atoms with Gasteiger partial charge in [0.05, 0.1) is 0 Å². The van der Waals surface area contributed by atoms with Crippen molar-refractivity contribution >= 4 is 5.97 Å². The Bertz CT molecular complexity index is 429. The van der Waals surface area contributed by atoms with E-state index in [4.69, 9.17) is 9.90 Å². The second-order valence-corrected chi connectivity index (χ2v) is 5.37. The van der Waals surface area contributed by atoms with E-state index in [9.17, 15) is 13.2 Å². The Morgan fingerprint density at radius 3 is 2.23 bits per heavy atom. The van der Waals surface area contributed by atoms with Crippen molar-refractivity contribution in [1.82, 2.24) is 5.32 Å². The van der Waals surface area contributed by atoms with Gasteiger partial charge in [0.25, 0.3) is 0 Å². The van der Waals surface area contributed by atoms with E-state index in [0.29, 0.717) is 0 Å². The highest BCUT2D eigenvalue weighted by molar-refractivity contribution is 5.73. The van der Waals surface area contributed by atoms with Crippen molar-refractivity contribution in [1.29, 1.82) is 0 Å². The van der Waals surface area contributed by atoms with Gasteiger partial charge in [0.2, 0.25) is 0 Å². The zero-order valence-corrected chi connectivity index (χ0v) is 12.4. The minimum absolute atomic E-state index is 0.981. The maximum Gasteiger partial charge on any atom is 0.490 e. The number of hydrogen-bond donors (Lipinski definition) is 2. The van der Waals surface area contributed by atoms with Crippen LogP contribution in [0.4, 0.5) is 13.2 Å². The van der Waals surface area contributed by atoms with Crippen molar-refractivity contribution in [3.8, 4) is 0 Å². The molecule has 1 heterocycles. The van der Waals surface area contributed by atoms with Gasteiger partial charge in [-0.3, -0.25) is 0 Å². The number of hydrogen-bond acceptors (Lipinski definition) is 2. The molecule has 0 radical (unpaired) electrons. The van der Waals surface area contributed by atoms with Gasteiger partial charge in [-0.2, -0.15) is 13.2 Å². The molecule has 2 N–H and O–H groups in total. The maximum absolute atomic E-state index is 10.6. The molecule has 0 amide bonds. The molecular formula is C16H22F3NO2. The Morgan fingerprint density at radius 2 is 1.73 bits per heavy atom. The normalized spacial score (nSPS) is 15.8. The average molecular weight is 317 g/mol. The summed E-state index contributed by atoms with van der Waals surface area (Å²) >= 11 is 0. The first-order chi connectivity index (χ1) is 10.4. The van der Waals surface area contributed by atoms with E-state index in [0.717, 1.165) is 5.92 Å². The summed E-state index contributed by atoms with van der Waals surface area (Å²) in [6.45, 7) is 2.46. The molecule has 22 heavy (non-hydrogen) atoms. The third-order valence-corrected chi connectivity index (χ3v) is 3.62. The van der Waals surface area contributed by atoms with Crippen LogP contribution in [-0.4, -0.2) is 30.3 Å². The number of halogens is 3. The molecule has 0 atom stereocenters. The zero-order chi connectivity index (χ0) is 16.4. The summed E-state index contributed by atoms with van der Waals surface area (Å²) in [5, 5.41) is 10.5. The van der Waals surface area contributed by atoms with Gasteiger partial charge in [-0.1, -0.05) is 36.8 Å². The number of aryl methyl sites for hydroxylation is 1. The van der Waals surface area contributed by atoms with Crippen LogP contribution in [0.5, 0.6) is 0 Å². The molecule has 1 saturated heterocycles. The predicted octanol–water partition coefficient (Wildman–Crippen LogP) is 3.64. The molecule has 124 valence electrons. The zero-order valence-electron chi connectivity index (χ0n) is 12.4. The Morgan fingerprint density at radius 1 is 1.18 bits per heavy atom. The molecule has 1 fully saturated rings. The Hall–Kier alpha value is -1.56. The minimum Gasteiger partial charge on any atom is -0.475 e. The van der Waals surface area contributed by atoms with Crippen LogP contribution in [0.25, 0.3) is 0 Å². The summed E-state index contributed by atoms with van der Waals surface area (Å²) < 4.78 is 31.7. The molecule has 2 rings (SSSR count).